The summed E-state index contributed by atoms with van der Waals surface area (Å²) in [5.41, 5.74) is 7.22. The molecule has 0 aliphatic carbocycles. The smallest absolute Gasteiger partial charge is 0.123 e. The Hall–Kier alpha value is -0.930. The highest BCUT2D eigenvalue weighted by atomic mass is 19.1. The summed E-state index contributed by atoms with van der Waals surface area (Å²) in [6, 6.07) is 7.96. The van der Waals surface area contributed by atoms with Crippen molar-refractivity contribution in [3.63, 3.8) is 0 Å². The van der Waals surface area contributed by atoms with E-state index in [-0.39, 0.29) is 11.2 Å². The van der Waals surface area contributed by atoms with E-state index >= 15 is 0 Å². The Morgan fingerprint density at radius 3 is 2.56 bits per heavy atom. The number of nitrogens with one attached hydrogen (secondary N) is 1. The van der Waals surface area contributed by atoms with Crippen molar-refractivity contribution in [1.82, 2.24) is 5.32 Å². The van der Waals surface area contributed by atoms with Crippen LogP contribution in [-0.2, 0) is 5.41 Å². The summed E-state index contributed by atoms with van der Waals surface area (Å²) in [5.74, 6) is -0.174. The van der Waals surface area contributed by atoms with Crippen LogP contribution in [0.5, 0.6) is 0 Å². The molecule has 16 heavy (non-hydrogen) atoms. The van der Waals surface area contributed by atoms with Gasteiger partial charge in [-0.05, 0) is 37.0 Å². The third-order valence-electron chi connectivity index (χ3n) is 4.30. The van der Waals surface area contributed by atoms with E-state index in [1.165, 1.54) is 18.4 Å². The van der Waals surface area contributed by atoms with E-state index in [0.717, 1.165) is 6.42 Å². The standard InChI is InChI=1S/C13H17FN2/c14-10-3-1-9(2-4-10)13(8-15)7-11-5-6-12(13)16-11/h1-4,11-12,16H,5-8,15H2. The molecule has 2 heterocycles. The van der Waals surface area contributed by atoms with Crippen molar-refractivity contribution >= 4 is 0 Å². The molecule has 2 aliphatic heterocycles. The number of benzene rings is 1. The molecule has 3 unspecified atom stereocenters. The third-order valence-corrected chi connectivity index (χ3v) is 4.30. The van der Waals surface area contributed by atoms with Crippen LogP contribution in [0.1, 0.15) is 24.8 Å². The first-order chi connectivity index (χ1) is 7.74. The molecule has 1 aromatic carbocycles. The van der Waals surface area contributed by atoms with Crippen molar-refractivity contribution in [3.8, 4) is 0 Å². The molecule has 3 N–H and O–H groups in total. The lowest BCUT2D eigenvalue weighted by Gasteiger charge is -2.36. The summed E-state index contributed by atoms with van der Waals surface area (Å²) in [5, 5.41) is 3.61. The minimum Gasteiger partial charge on any atom is -0.330 e. The zero-order chi connectivity index (χ0) is 11.2. The van der Waals surface area contributed by atoms with Gasteiger partial charge in [-0.15, -0.1) is 0 Å². The normalized spacial score (nSPS) is 36.9. The maximum absolute atomic E-state index is 12.9. The second-order valence-electron chi connectivity index (χ2n) is 5.06. The second kappa shape index (κ2) is 3.54. The molecule has 0 saturated carbocycles. The van der Waals surface area contributed by atoms with Gasteiger partial charge in [-0.3, -0.25) is 0 Å². The fraction of sp³-hybridized carbons (Fsp3) is 0.538. The number of hydrogen-bond acceptors (Lipinski definition) is 2. The van der Waals surface area contributed by atoms with Gasteiger partial charge in [-0.25, -0.2) is 4.39 Å². The molecule has 2 saturated heterocycles. The molecule has 2 bridgehead atoms. The monoisotopic (exact) mass is 220 g/mol. The Balaban J connectivity index is 1.99. The third kappa shape index (κ3) is 1.31. The van der Waals surface area contributed by atoms with Gasteiger partial charge >= 0.3 is 0 Å². The summed E-state index contributed by atoms with van der Waals surface area (Å²) in [4.78, 5) is 0. The van der Waals surface area contributed by atoms with E-state index in [2.05, 4.69) is 5.32 Å². The first-order valence-electron chi connectivity index (χ1n) is 5.97. The van der Waals surface area contributed by atoms with E-state index in [1.54, 1.807) is 12.1 Å². The number of nitrogens with two attached hydrogens (primary N) is 1. The van der Waals surface area contributed by atoms with E-state index in [0.29, 0.717) is 18.6 Å². The van der Waals surface area contributed by atoms with Crippen LogP contribution < -0.4 is 11.1 Å². The van der Waals surface area contributed by atoms with Gasteiger partial charge in [0.25, 0.3) is 0 Å². The van der Waals surface area contributed by atoms with Crippen LogP contribution in [0.3, 0.4) is 0 Å². The molecule has 2 fully saturated rings. The molecule has 1 aromatic rings. The topological polar surface area (TPSA) is 38.0 Å². The number of fused-ring (bicyclic) bond motifs is 2. The fourth-order valence-electron chi connectivity index (χ4n) is 3.44. The maximum atomic E-state index is 12.9. The zero-order valence-electron chi connectivity index (χ0n) is 9.25. The Morgan fingerprint density at radius 2 is 2.06 bits per heavy atom. The molecule has 0 aromatic heterocycles. The summed E-state index contributed by atoms with van der Waals surface area (Å²) < 4.78 is 12.9. The summed E-state index contributed by atoms with van der Waals surface area (Å²) in [7, 11) is 0. The molecule has 0 amide bonds. The van der Waals surface area contributed by atoms with Crippen molar-refractivity contribution in [3.05, 3.63) is 35.6 Å². The minimum absolute atomic E-state index is 0.0383. The van der Waals surface area contributed by atoms with Crippen molar-refractivity contribution in [2.45, 2.75) is 36.8 Å². The van der Waals surface area contributed by atoms with Crippen molar-refractivity contribution < 1.29 is 4.39 Å². The Labute approximate surface area is 95.0 Å². The quantitative estimate of drug-likeness (QED) is 0.793. The largest absolute Gasteiger partial charge is 0.330 e. The van der Waals surface area contributed by atoms with Gasteiger partial charge in [0.1, 0.15) is 5.82 Å². The number of rotatable bonds is 2. The van der Waals surface area contributed by atoms with Gasteiger partial charge in [-0.1, -0.05) is 12.1 Å². The average molecular weight is 220 g/mol. The van der Waals surface area contributed by atoms with Crippen molar-refractivity contribution in [2.24, 2.45) is 5.73 Å². The van der Waals surface area contributed by atoms with Crippen LogP contribution in [0.2, 0.25) is 0 Å². The maximum Gasteiger partial charge on any atom is 0.123 e. The van der Waals surface area contributed by atoms with Crippen LogP contribution in [0.4, 0.5) is 4.39 Å². The van der Waals surface area contributed by atoms with Crippen LogP contribution in [0.15, 0.2) is 24.3 Å². The molecule has 0 spiro atoms. The molecule has 3 atom stereocenters. The first kappa shape index (κ1) is 10.2. The lowest BCUT2D eigenvalue weighted by Crippen LogP contribution is -2.45. The predicted molar refractivity (Wildman–Crippen MR) is 61.7 cm³/mol. The molecule has 2 nitrogen and oxygen atoms in total. The highest BCUT2D eigenvalue weighted by Crippen LogP contribution is 2.44. The Bertz CT molecular complexity index is 389. The fourth-order valence-corrected chi connectivity index (χ4v) is 3.44. The van der Waals surface area contributed by atoms with Gasteiger partial charge in [0, 0.05) is 24.0 Å². The first-order valence-corrected chi connectivity index (χ1v) is 5.97. The molecular formula is C13H17FN2. The number of hydrogen-bond donors (Lipinski definition) is 2. The van der Waals surface area contributed by atoms with Gasteiger partial charge in [0.15, 0.2) is 0 Å². The molecular weight excluding hydrogens is 203 g/mol. The SMILES string of the molecule is NCC1(c2ccc(F)cc2)CC2CCC1N2. The molecule has 3 heteroatoms. The van der Waals surface area contributed by atoms with Crippen LogP contribution >= 0.6 is 0 Å². The van der Waals surface area contributed by atoms with Gasteiger partial charge in [0.2, 0.25) is 0 Å². The molecule has 2 aliphatic rings. The van der Waals surface area contributed by atoms with E-state index < -0.39 is 0 Å². The Morgan fingerprint density at radius 1 is 1.31 bits per heavy atom. The van der Waals surface area contributed by atoms with Crippen LogP contribution in [0.25, 0.3) is 0 Å². The van der Waals surface area contributed by atoms with E-state index in [1.807, 2.05) is 12.1 Å². The highest BCUT2D eigenvalue weighted by molar-refractivity contribution is 5.33. The van der Waals surface area contributed by atoms with Gasteiger partial charge in [-0.2, -0.15) is 0 Å². The molecule has 3 rings (SSSR count). The lowest BCUT2D eigenvalue weighted by molar-refractivity contribution is 0.340. The summed E-state index contributed by atoms with van der Waals surface area (Å²) in [6.45, 7) is 0.646. The lowest BCUT2D eigenvalue weighted by atomic mass is 9.69. The Kier molecular flexibility index (Phi) is 2.26. The summed E-state index contributed by atoms with van der Waals surface area (Å²) >= 11 is 0. The average Bonchev–Trinajstić information content (AvgIpc) is 2.90. The van der Waals surface area contributed by atoms with Crippen molar-refractivity contribution in [1.29, 1.82) is 0 Å². The van der Waals surface area contributed by atoms with Crippen LogP contribution in [-0.4, -0.2) is 18.6 Å². The van der Waals surface area contributed by atoms with Crippen LogP contribution in [0, 0.1) is 5.82 Å². The molecule has 86 valence electrons. The molecule has 0 radical (unpaired) electrons. The highest BCUT2D eigenvalue weighted by Gasteiger charge is 2.50. The summed E-state index contributed by atoms with van der Waals surface area (Å²) in [6.07, 6.45) is 3.55. The minimum atomic E-state index is -0.174. The zero-order valence-corrected chi connectivity index (χ0v) is 9.25. The van der Waals surface area contributed by atoms with Crippen molar-refractivity contribution in [2.75, 3.05) is 6.54 Å². The van der Waals surface area contributed by atoms with Gasteiger partial charge < -0.3 is 11.1 Å². The van der Waals surface area contributed by atoms with E-state index in [4.69, 9.17) is 5.73 Å². The number of halogens is 1. The predicted octanol–water partition coefficient (Wildman–Crippen LogP) is 1.55. The van der Waals surface area contributed by atoms with E-state index in [9.17, 15) is 4.39 Å². The van der Waals surface area contributed by atoms with Gasteiger partial charge in [0.05, 0.1) is 0 Å². The second-order valence-corrected chi connectivity index (χ2v) is 5.06.